The van der Waals surface area contributed by atoms with Crippen molar-refractivity contribution in [1.82, 2.24) is 9.97 Å². The summed E-state index contributed by atoms with van der Waals surface area (Å²) >= 11 is 6.95. The van der Waals surface area contributed by atoms with Crippen molar-refractivity contribution in [3.05, 3.63) is 27.0 Å². The van der Waals surface area contributed by atoms with Crippen molar-refractivity contribution in [1.29, 1.82) is 0 Å². The zero-order chi connectivity index (χ0) is 14.1. The molecule has 0 saturated heterocycles. The fraction of sp³-hybridized carbons (Fsp3) is 0.429. The van der Waals surface area contributed by atoms with E-state index in [4.69, 9.17) is 4.42 Å². The Hall–Kier alpha value is -0.880. The van der Waals surface area contributed by atoms with Gasteiger partial charge in [0.2, 0.25) is 0 Å². The normalized spacial score (nSPS) is 14.6. The Balaban J connectivity index is 2.03. The number of halogens is 2. The van der Waals surface area contributed by atoms with E-state index in [2.05, 4.69) is 54.1 Å². The summed E-state index contributed by atoms with van der Waals surface area (Å²) in [4.78, 5) is 9.25. The monoisotopic (exact) mass is 399 g/mol. The Kier molecular flexibility index (Phi) is 4.12. The summed E-state index contributed by atoms with van der Waals surface area (Å²) in [6.07, 6.45) is 3.45. The van der Waals surface area contributed by atoms with E-state index in [0.29, 0.717) is 22.2 Å². The first-order valence-electron chi connectivity index (χ1n) is 6.76. The van der Waals surface area contributed by atoms with Crippen LogP contribution in [0.3, 0.4) is 0 Å². The molecule has 0 spiro atoms. The first kappa shape index (κ1) is 14.1. The average molecular weight is 401 g/mol. The summed E-state index contributed by atoms with van der Waals surface area (Å²) < 4.78 is 7.25. The van der Waals surface area contributed by atoms with Crippen molar-refractivity contribution >= 4 is 37.7 Å². The van der Waals surface area contributed by atoms with Crippen LogP contribution in [0.1, 0.15) is 37.8 Å². The lowest BCUT2D eigenvalue weighted by molar-refractivity contribution is 0.551. The van der Waals surface area contributed by atoms with Crippen LogP contribution in [0.5, 0.6) is 0 Å². The van der Waals surface area contributed by atoms with Crippen molar-refractivity contribution in [3.63, 3.8) is 0 Å². The van der Waals surface area contributed by atoms with Gasteiger partial charge in [0.1, 0.15) is 5.82 Å². The number of anilines is 1. The number of nitrogens with one attached hydrogen (secondary N) is 1. The maximum atomic E-state index is 5.57. The summed E-state index contributed by atoms with van der Waals surface area (Å²) in [5, 5.41) is 3.35. The quantitative estimate of drug-likeness (QED) is 0.770. The van der Waals surface area contributed by atoms with E-state index in [1.165, 1.54) is 12.8 Å². The van der Waals surface area contributed by atoms with E-state index < -0.39 is 0 Å². The second-order valence-corrected chi connectivity index (χ2v) is 6.47. The summed E-state index contributed by atoms with van der Waals surface area (Å²) in [6.45, 7) is 3.02. The number of rotatable bonds is 5. The van der Waals surface area contributed by atoms with Crippen LogP contribution in [0.2, 0.25) is 0 Å². The Morgan fingerprint density at radius 2 is 2.10 bits per heavy atom. The molecule has 0 aliphatic heterocycles. The van der Waals surface area contributed by atoms with Crippen molar-refractivity contribution in [2.24, 2.45) is 0 Å². The summed E-state index contributed by atoms with van der Waals surface area (Å²) in [6, 6.07) is 3.74. The fourth-order valence-electron chi connectivity index (χ4n) is 2.00. The lowest BCUT2D eigenvalue weighted by atomic mass is 10.2. The second-order valence-electron chi connectivity index (χ2n) is 4.90. The number of aromatic nitrogens is 2. The molecular weight excluding hydrogens is 386 g/mol. The van der Waals surface area contributed by atoms with E-state index in [1.807, 2.05) is 12.1 Å². The van der Waals surface area contributed by atoms with E-state index in [-0.39, 0.29) is 0 Å². The highest BCUT2D eigenvalue weighted by Gasteiger charge is 2.30. The first-order chi connectivity index (χ1) is 9.69. The molecule has 0 amide bonds. The van der Waals surface area contributed by atoms with Gasteiger partial charge in [-0.3, -0.25) is 0 Å². The van der Waals surface area contributed by atoms with Gasteiger partial charge < -0.3 is 9.73 Å². The zero-order valence-electron chi connectivity index (χ0n) is 11.1. The van der Waals surface area contributed by atoms with Crippen LogP contribution in [0.4, 0.5) is 5.82 Å². The molecule has 2 aromatic rings. The third-order valence-electron chi connectivity index (χ3n) is 3.18. The Morgan fingerprint density at radius 3 is 2.70 bits per heavy atom. The van der Waals surface area contributed by atoms with Crippen LogP contribution in [0.15, 0.2) is 25.7 Å². The molecule has 0 atom stereocenters. The zero-order valence-corrected chi connectivity index (χ0v) is 14.3. The summed E-state index contributed by atoms with van der Waals surface area (Å²) in [7, 11) is 0. The highest BCUT2D eigenvalue weighted by Crippen LogP contribution is 2.44. The van der Waals surface area contributed by atoms with Crippen LogP contribution in [0.25, 0.3) is 11.6 Å². The van der Waals surface area contributed by atoms with Crippen molar-refractivity contribution in [2.75, 3.05) is 11.9 Å². The van der Waals surface area contributed by atoms with Gasteiger partial charge in [-0.1, -0.05) is 6.92 Å². The molecule has 2 aromatic heterocycles. The summed E-state index contributed by atoms with van der Waals surface area (Å²) in [5.41, 5.74) is 1.08. The molecule has 0 aromatic carbocycles. The fourth-order valence-corrected chi connectivity index (χ4v) is 2.94. The molecule has 1 aliphatic rings. The molecule has 1 aliphatic carbocycles. The predicted octanol–water partition coefficient (Wildman–Crippen LogP) is 4.96. The van der Waals surface area contributed by atoms with E-state index in [0.717, 1.165) is 29.0 Å². The second kappa shape index (κ2) is 5.85. The maximum Gasteiger partial charge on any atom is 0.198 e. The van der Waals surface area contributed by atoms with Crippen molar-refractivity contribution in [3.8, 4) is 11.6 Å². The molecule has 106 valence electrons. The van der Waals surface area contributed by atoms with Crippen LogP contribution in [-0.2, 0) is 0 Å². The average Bonchev–Trinajstić information content (AvgIpc) is 3.19. The smallest absolute Gasteiger partial charge is 0.198 e. The molecule has 0 radical (unpaired) electrons. The predicted molar refractivity (Wildman–Crippen MR) is 85.9 cm³/mol. The highest BCUT2D eigenvalue weighted by atomic mass is 79.9. The Morgan fingerprint density at radius 1 is 1.30 bits per heavy atom. The maximum absolute atomic E-state index is 5.57. The van der Waals surface area contributed by atoms with Gasteiger partial charge in [-0.15, -0.1) is 0 Å². The molecule has 2 heterocycles. The van der Waals surface area contributed by atoms with Gasteiger partial charge in [0.15, 0.2) is 16.3 Å². The van der Waals surface area contributed by atoms with Gasteiger partial charge in [0.05, 0.1) is 10.2 Å². The molecule has 1 fully saturated rings. The minimum atomic E-state index is 0.548. The summed E-state index contributed by atoms with van der Waals surface area (Å²) in [5.74, 6) is 2.73. The molecule has 6 heteroatoms. The number of furan rings is 1. The minimum Gasteiger partial charge on any atom is -0.446 e. The number of hydrogen-bond donors (Lipinski definition) is 1. The standard InChI is InChI=1S/C14H15Br2N3O/c1-2-7-17-14-11(16)12(8-3-4-8)18-13(19-14)9-5-6-10(15)20-9/h5-6,8H,2-4,7H2,1H3,(H,17,18,19). The van der Waals surface area contributed by atoms with Gasteiger partial charge in [-0.25, -0.2) is 9.97 Å². The van der Waals surface area contributed by atoms with Crippen molar-refractivity contribution < 1.29 is 4.42 Å². The molecule has 3 rings (SSSR count). The Labute approximate surface area is 134 Å². The topological polar surface area (TPSA) is 51.0 Å². The lowest BCUT2D eigenvalue weighted by Gasteiger charge is -2.11. The third kappa shape index (κ3) is 2.91. The van der Waals surface area contributed by atoms with Gasteiger partial charge in [-0.05, 0) is 63.3 Å². The number of hydrogen-bond acceptors (Lipinski definition) is 4. The molecule has 1 saturated carbocycles. The van der Waals surface area contributed by atoms with Crippen LogP contribution < -0.4 is 5.32 Å². The van der Waals surface area contributed by atoms with Crippen LogP contribution >= 0.6 is 31.9 Å². The minimum absolute atomic E-state index is 0.548. The first-order valence-corrected chi connectivity index (χ1v) is 8.34. The van der Waals surface area contributed by atoms with Gasteiger partial charge >= 0.3 is 0 Å². The number of nitrogens with zero attached hydrogens (tertiary/aromatic N) is 2. The molecule has 0 bridgehead atoms. The molecule has 0 unspecified atom stereocenters. The molecule has 20 heavy (non-hydrogen) atoms. The SMILES string of the molecule is CCCNc1nc(-c2ccc(Br)o2)nc(C2CC2)c1Br. The van der Waals surface area contributed by atoms with Gasteiger partial charge in [0.25, 0.3) is 0 Å². The molecule has 1 N–H and O–H groups in total. The van der Waals surface area contributed by atoms with Gasteiger partial charge in [0, 0.05) is 12.5 Å². The highest BCUT2D eigenvalue weighted by molar-refractivity contribution is 9.10. The van der Waals surface area contributed by atoms with E-state index in [1.54, 1.807) is 0 Å². The van der Waals surface area contributed by atoms with E-state index in [9.17, 15) is 0 Å². The van der Waals surface area contributed by atoms with Crippen LogP contribution in [-0.4, -0.2) is 16.5 Å². The van der Waals surface area contributed by atoms with Crippen molar-refractivity contribution in [2.45, 2.75) is 32.1 Å². The van der Waals surface area contributed by atoms with E-state index >= 15 is 0 Å². The largest absolute Gasteiger partial charge is 0.446 e. The van der Waals surface area contributed by atoms with Gasteiger partial charge in [-0.2, -0.15) is 0 Å². The van der Waals surface area contributed by atoms with Crippen LogP contribution in [0, 0.1) is 0 Å². The third-order valence-corrected chi connectivity index (χ3v) is 4.38. The lowest BCUT2D eigenvalue weighted by Crippen LogP contribution is -2.07. The molecule has 4 nitrogen and oxygen atoms in total. The Bertz CT molecular complexity index is 623. The molecular formula is C14H15Br2N3O.